The SMILES string of the molecule is CN=C(NCC(=O)NC(C)(C)C)NCC1(C(=O)N(C)C)CCCC1. The van der Waals surface area contributed by atoms with Crippen LogP contribution in [-0.2, 0) is 9.59 Å². The van der Waals surface area contributed by atoms with Gasteiger partial charge in [0.15, 0.2) is 5.96 Å². The van der Waals surface area contributed by atoms with Crippen molar-refractivity contribution in [3.63, 3.8) is 0 Å². The fourth-order valence-electron chi connectivity index (χ4n) is 3.09. The van der Waals surface area contributed by atoms with Crippen LogP contribution >= 0.6 is 0 Å². The van der Waals surface area contributed by atoms with E-state index in [-0.39, 0.29) is 29.3 Å². The summed E-state index contributed by atoms with van der Waals surface area (Å²) in [5.74, 6) is 0.607. The molecule has 138 valence electrons. The highest BCUT2D eigenvalue weighted by Crippen LogP contribution is 2.38. The van der Waals surface area contributed by atoms with Crippen molar-refractivity contribution in [3.8, 4) is 0 Å². The predicted molar refractivity (Wildman–Crippen MR) is 96.9 cm³/mol. The summed E-state index contributed by atoms with van der Waals surface area (Å²) < 4.78 is 0. The lowest BCUT2D eigenvalue weighted by Crippen LogP contribution is -2.51. The normalized spacial score (nSPS) is 17.3. The van der Waals surface area contributed by atoms with Crippen LogP contribution in [0.1, 0.15) is 46.5 Å². The third-order valence-electron chi connectivity index (χ3n) is 4.17. The fraction of sp³-hybridized carbons (Fsp3) is 0.824. The van der Waals surface area contributed by atoms with Crippen molar-refractivity contribution in [1.82, 2.24) is 20.9 Å². The molecule has 2 amide bonds. The minimum absolute atomic E-state index is 0.0922. The van der Waals surface area contributed by atoms with Crippen LogP contribution in [0.2, 0.25) is 0 Å². The van der Waals surface area contributed by atoms with Crippen LogP contribution < -0.4 is 16.0 Å². The zero-order chi connectivity index (χ0) is 18.4. The summed E-state index contributed by atoms with van der Waals surface area (Å²) >= 11 is 0. The summed E-state index contributed by atoms with van der Waals surface area (Å²) in [4.78, 5) is 30.2. The fourth-order valence-corrected chi connectivity index (χ4v) is 3.09. The Balaban J connectivity index is 2.56. The number of nitrogens with zero attached hydrogens (tertiary/aromatic N) is 2. The molecule has 0 aliphatic heterocycles. The molecule has 24 heavy (non-hydrogen) atoms. The average molecular weight is 339 g/mol. The number of hydrogen-bond donors (Lipinski definition) is 3. The molecule has 3 N–H and O–H groups in total. The topological polar surface area (TPSA) is 85.8 Å². The second kappa shape index (κ2) is 8.35. The molecule has 0 aromatic heterocycles. The first kappa shape index (κ1) is 20.3. The largest absolute Gasteiger partial charge is 0.355 e. The Morgan fingerprint density at radius 3 is 2.17 bits per heavy atom. The Kier molecular flexibility index (Phi) is 7.05. The Bertz CT molecular complexity index is 474. The van der Waals surface area contributed by atoms with E-state index in [1.165, 1.54) is 0 Å². The van der Waals surface area contributed by atoms with E-state index in [2.05, 4.69) is 20.9 Å². The van der Waals surface area contributed by atoms with Gasteiger partial charge in [0, 0.05) is 33.2 Å². The van der Waals surface area contributed by atoms with Crippen LogP contribution in [0.3, 0.4) is 0 Å². The van der Waals surface area contributed by atoms with E-state index in [0.717, 1.165) is 25.7 Å². The van der Waals surface area contributed by atoms with Gasteiger partial charge in [-0.25, -0.2) is 0 Å². The van der Waals surface area contributed by atoms with Gasteiger partial charge in [-0.2, -0.15) is 0 Å². The molecule has 1 fully saturated rings. The van der Waals surface area contributed by atoms with E-state index >= 15 is 0 Å². The van der Waals surface area contributed by atoms with E-state index in [9.17, 15) is 9.59 Å². The second-order valence-corrected chi connectivity index (χ2v) is 7.76. The Morgan fingerprint density at radius 1 is 1.12 bits per heavy atom. The number of guanidine groups is 1. The van der Waals surface area contributed by atoms with Crippen LogP contribution in [0, 0.1) is 5.41 Å². The van der Waals surface area contributed by atoms with Crippen LogP contribution in [0.25, 0.3) is 0 Å². The highest BCUT2D eigenvalue weighted by atomic mass is 16.2. The summed E-state index contributed by atoms with van der Waals surface area (Å²) in [6.45, 7) is 6.49. The predicted octanol–water partition coefficient (Wildman–Crippen LogP) is 0.715. The Labute approximate surface area is 145 Å². The van der Waals surface area contributed by atoms with Gasteiger partial charge in [-0.3, -0.25) is 14.6 Å². The molecule has 7 heteroatoms. The summed E-state index contributed by atoms with van der Waals surface area (Å²) in [7, 11) is 5.25. The van der Waals surface area contributed by atoms with Gasteiger partial charge in [0.25, 0.3) is 0 Å². The second-order valence-electron chi connectivity index (χ2n) is 7.76. The molecule has 1 aliphatic rings. The van der Waals surface area contributed by atoms with Gasteiger partial charge in [0.2, 0.25) is 11.8 Å². The van der Waals surface area contributed by atoms with Crippen molar-refractivity contribution >= 4 is 17.8 Å². The van der Waals surface area contributed by atoms with Gasteiger partial charge in [-0.05, 0) is 33.6 Å². The maximum Gasteiger partial charge on any atom is 0.239 e. The quantitative estimate of drug-likeness (QED) is 0.509. The average Bonchev–Trinajstić information content (AvgIpc) is 2.94. The zero-order valence-electron chi connectivity index (χ0n) is 16.0. The zero-order valence-corrected chi connectivity index (χ0v) is 16.0. The lowest BCUT2D eigenvalue weighted by molar-refractivity contribution is -0.138. The van der Waals surface area contributed by atoms with E-state index in [1.807, 2.05) is 20.8 Å². The van der Waals surface area contributed by atoms with E-state index < -0.39 is 0 Å². The molecule has 0 bridgehead atoms. The smallest absolute Gasteiger partial charge is 0.239 e. The lowest BCUT2D eigenvalue weighted by atomic mass is 9.84. The maximum absolute atomic E-state index is 12.6. The molecular formula is C17H33N5O2. The molecule has 0 aromatic rings. The molecule has 0 aromatic carbocycles. The van der Waals surface area contributed by atoms with Gasteiger partial charge in [-0.15, -0.1) is 0 Å². The van der Waals surface area contributed by atoms with Crippen molar-refractivity contribution in [3.05, 3.63) is 0 Å². The molecule has 0 atom stereocenters. The van der Waals surface area contributed by atoms with Gasteiger partial charge in [-0.1, -0.05) is 12.8 Å². The molecule has 7 nitrogen and oxygen atoms in total. The summed E-state index contributed by atoms with van der Waals surface area (Å²) in [5.41, 5.74) is -0.628. The highest BCUT2D eigenvalue weighted by Gasteiger charge is 2.42. The van der Waals surface area contributed by atoms with Crippen molar-refractivity contribution in [1.29, 1.82) is 0 Å². The molecule has 0 unspecified atom stereocenters. The summed E-state index contributed by atoms with van der Waals surface area (Å²) in [5, 5.41) is 9.11. The number of aliphatic imine (C=N–C) groups is 1. The number of nitrogens with one attached hydrogen (secondary N) is 3. The Morgan fingerprint density at radius 2 is 1.71 bits per heavy atom. The molecule has 0 saturated heterocycles. The van der Waals surface area contributed by atoms with Crippen LogP contribution in [-0.4, -0.2) is 62.4 Å². The van der Waals surface area contributed by atoms with Gasteiger partial charge < -0.3 is 20.9 Å². The number of amides is 2. The first-order valence-corrected chi connectivity index (χ1v) is 8.57. The van der Waals surface area contributed by atoms with Gasteiger partial charge in [0.1, 0.15) is 0 Å². The molecular weight excluding hydrogens is 306 g/mol. The van der Waals surface area contributed by atoms with E-state index in [4.69, 9.17) is 0 Å². The molecule has 0 heterocycles. The molecule has 1 aliphatic carbocycles. The number of carbonyl (C=O) groups excluding carboxylic acids is 2. The van der Waals surface area contributed by atoms with Crippen LogP contribution in [0.5, 0.6) is 0 Å². The molecule has 0 radical (unpaired) electrons. The van der Waals surface area contributed by atoms with E-state index in [0.29, 0.717) is 12.5 Å². The minimum Gasteiger partial charge on any atom is -0.355 e. The van der Waals surface area contributed by atoms with Crippen LogP contribution in [0.15, 0.2) is 4.99 Å². The lowest BCUT2D eigenvalue weighted by Gasteiger charge is -2.31. The van der Waals surface area contributed by atoms with E-state index in [1.54, 1.807) is 26.0 Å². The third kappa shape index (κ3) is 6.02. The van der Waals surface area contributed by atoms with Gasteiger partial charge >= 0.3 is 0 Å². The maximum atomic E-state index is 12.6. The third-order valence-corrected chi connectivity index (χ3v) is 4.17. The first-order chi connectivity index (χ1) is 11.1. The number of hydrogen-bond acceptors (Lipinski definition) is 3. The van der Waals surface area contributed by atoms with Crippen molar-refractivity contribution in [2.75, 3.05) is 34.2 Å². The standard InChI is InChI=1S/C17H33N5O2/c1-16(2,3)21-13(23)11-19-15(18-4)20-12-17(9-7-8-10-17)14(24)22(5)6/h7-12H2,1-6H3,(H,21,23)(H2,18,19,20). The molecule has 0 spiro atoms. The number of carbonyl (C=O) groups is 2. The van der Waals surface area contributed by atoms with Crippen molar-refractivity contribution < 1.29 is 9.59 Å². The Hall–Kier alpha value is -1.79. The van der Waals surface area contributed by atoms with Gasteiger partial charge in [0.05, 0.1) is 12.0 Å². The summed E-state index contributed by atoms with van der Waals surface area (Å²) in [6, 6.07) is 0. The number of rotatable bonds is 5. The van der Waals surface area contributed by atoms with Crippen molar-refractivity contribution in [2.45, 2.75) is 52.0 Å². The monoisotopic (exact) mass is 339 g/mol. The summed E-state index contributed by atoms with van der Waals surface area (Å²) in [6.07, 6.45) is 3.92. The highest BCUT2D eigenvalue weighted by molar-refractivity contribution is 5.88. The van der Waals surface area contributed by atoms with Crippen LogP contribution in [0.4, 0.5) is 0 Å². The first-order valence-electron chi connectivity index (χ1n) is 8.57. The molecule has 1 saturated carbocycles. The minimum atomic E-state index is -0.366. The molecule has 1 rings (SSSR count). The van der Waals surface area contributed by atoms with Crippen molar-refractivity contribution in [2.24, 2.45) is 10.4 Å².